The van der Waals surface area contributed by atoms with Crippen molar-refractivity contribution in [1.82, 2.24) is 0 Å². The molecule has 0 saturated carbocycles. The first kappa shape index (κ1) is 12.8. The maximum Gasteiger partial charge on any atom is -0.0187 e. The lowest BCUT2D eigenvalue weighted by atomic mass is 9.93. The first-order valence-corrected chi connectivity index (χ1v) is 6.21. The molecule has 0 nitrogen and oxygen atoms in total. The maximum atomic E-state index is 2.35. The van der Waals surface area contributed by atoms with Gasteiger partial charge in [-0.15, -0.1) is 0 Å². The molecule has 0 saturated heterocycles. The Labute approximate surface area is 99.7 Å². The van der Waals surface area contributed by atoms with Crippen molar-refractivity contribution in [2.75, 3.05) is 0 Å². The summed E-state index contributed by atoms with van der Waals surface area (Å²) >= 11 is 0. The lowest BCUT2D eigenvalue weighted by Gasteiger charge is -2.12. The fourth-order valence-corrected chi connectivity index (χ4v) is 1.78. The minimum absolute atomic E-state index is 0.677. The van der Waals surface area contributed by atoms with Crippen molar-refractivity contribution in [2.24, 2.45) is 5.92 Å². The van der Waals surface area contributed by atoms with Gasteiger partial charge in [-0.25, -0.2) is 0 Å². The number of hydrogen-bond acceptors (Lipinski definition) is 0. The van der Waals surface area contributed by atoms with Gasteiger partial charge in [-0.1, -0.05) is 68.8 Å². The molecule has 1 aliphatic carbocycles. The van der Waals surface area contributed by atoms with Crippen molar-refractivity contribution in [1.29, 1.82) is 0 Å². The van der Waals surface area contributed by atoms with Gasteiger partial charge in [0, 0.05) is 0 Å². The number of rotatable bonds is 1. The summed E-state index contributed by atoms with van der Waals surface area (Å²) in [5, 5.41) is 0. The first-order valence-electron chi connectivity index (χ1n) is 6.21. The van der Waals surface area contributed by atoms with Crippen LogP contribution in [0.1, 0.15) is 38.3 Å². The third-order valence-electron chi connectivity index (χ3n) is 2.65. The minimum atomic E-state index is 0.677. The smallest absolute Gasteiger partial charge is 0.0187 e. The van der Waals surface area contributed by atoms with Crippen LogP contribution in [0.3, 0.4) is 0 Å². The van der Waals surface area contributed by atoms with E-state index in [1.54, 1.807) is 0 Å². The van der Waals surface area contributed by atoms with E-state index in [1.807, 2.05) is 13.8 Å². The summed E-state index contributed by atoms with van der Waals surface area (Å²) in [5.41, 5.74) is 4.02. The van der Waals surface area contributed by atoms with E-state index >= 15 is 0 Å². The molecule has 1 atom stereocenters. The largest absolute Gasteiger partial charge is 0.0834 e. The highest BCUT2D eigenvalue weighted by Gasteiger charge is 2.05. The molecule has 0 heterocycles. The second kappa shape index (κ2) is 6.32. The van der Waals surface area contributed by atoms with Gasteiger partial charge in [-0.2, -0.15) is 0 Å². The molecule has 0 bridgehead atoms. The van der Waals surface area contributed by atoms with Crippen LogP contribution in [-0.2, 0) is 0 Å². The topological polar surface area (TPSA) is 0 Å². The van der Waals surface area contributed by atoms with Gasteiger partial charge in [-0.05, 0) is 30.4 Å². The number of hydrogen-bond donors (Lipinski definition) is 0. The molecular formula is C16H22. The zero-order valence-corrected chi connectivity index (χ0v) is 10.8. The monoisotopic (exact) mass is 214 g/mol. The van der Waals surface area contributed by atoms with Crippen molar-refractivity contribution < 1.29 is 0 Å². The SMILES string of the molecule is CC.Cc1ccc(C2=CC(C)CC=C2)cc1. The zero-order chi connectivity index (χ0) is 12.0. The van der Waals surface area contributed by atoms with Crippen molar-refractivity contribution in [3.05, 3.63) is 53.6 Å². The summed E-state index contributed by atoms with van der Waals surface area (Å²) in [6, 6.07) is 8.74. The fraction of sp³-hybridized carbons (Fsp3) is 0.375. The highest BCUT2D eigenvalue weighted by Crippen LogP contribution is 2.24. The second-order valence-electron chi connectivity index (χ2n) is 4.10. The van der Waals surface area contributed by atoms with E-state index in [0.29, 0.717) is 5.92 Å². The van der Waals surface area contributed by atoms with Crippen molar-refractivity contribution in [3.63, 3.8) is 0 Å². The average molecular weight is 214 g/mol. The lowest BCUT2D eigenvalue weighted by Crippen LogP contribution is -1.94. The molecule has 1 aliphatic rings. The van der Waals surface area contributed by atoms with Gasteiger partial charge in [-0.3, -0.25) is 0 Å². The molecule has 0 spiro atoms. The predicted molar refractivity (Wildman–Crippen MR) is 73.4 cm³/mol. The number of benzene rings is 1. The van der Waals surface area contributed by atoms with Crippen molar-refractivity contribution in [3.8, 4) is 0 Å². The molecule has 0 aromatic heterocycles. The molecule has 16 heavy (non-hydrogen) atoms. The van der Waals surface area contributed by atoms with E-state index in [-0.39, 0.29) is 0 Å². The molecule has 2 rings (SSSR count). The van der Waals surface area contributed by atoms with Crippen LogP contribution >= 0.6 is 0 Å². The molecule has 0 fully saturated rings. The Bertz CT molecular complexity index is 366. The zero-order valence-electron chi connectivity index (χ0n) is 10.8. The van der Waals surface area contributed by atoms with Gasteiger partial charge in [0.1, 0.15) is 0 Å². The summed E-state index contributed by atoms with van der Waals surface area (Å²) in [6.45, 7) is 8.38. The van der Waals surface area contributed by atoms with Gasteiger partial charge in [0.15, 0.2) is 0 Å². The van der Waals surface area contributed by atoms with Crippen LogP contribution in [0.15, 0.2) is 42.5 Å². The van der Waals surface area contributed by atoms with Crippen LogP contribution < -0.4 is 0 Å². The van der Waals surface area contributed by atoms with Gasteiger partial charge in [0.2, 0.25) is 0 Å². The van der Waals surface area contributed by atoms with E-state index in [4.69, 9.17) is 0 Å². The molecule has 1 aromatic rings. The first-order chi connectivity index (χ1) is 7.75. The van der Waals surface area contributed by atoms with E-state index in [9.17, 15) is 0 Å². The van der Waals surface area contributed by atoms with Crippen LogP contribution in [-0.4, -0.2) is 0 Å². The van der Waals surface area contributed by atoms with Gasteiger partial charge in [0.05, 0.1) is 0 Å². The van der Waals surface area contributed by atoms with E-state index in [2.05, 4.69) is 56.3 Å². The Morgan fingerprint density at radius 2 is 1.69 bits per heavy atom. The summed E-state index contributed by atoms with van der Waals surface area (Å²) in [6.07, 6.45) is 8.02. The summed E-state index contributed by atoms with van der Waals surface area (Å²) in [7, 11) is 0. The number of aryl methyl sites for hydroxylation is 1. The molecule has 0 heteroatoms. The van der Waals surface area contributed by atoms with Crippen LogP contribution in [0.2, 0.25) is 0 Å². The highest BCUT2D eigenvalue weighted by molar-refractivity contribution is 5.75. The predicted octanol–water partition coefficient (Wildman–Crippen LogP) is 5.00. The van der Waals surface area contributed by atoms with Crippen molar-refractivity contribution in [2.45, 2.75) is 34.1 Å². The molecular weight excluding hydrogens is 192 g/mol. The Hall–Kier alpha value is -1.30. The lowest BCUT2D eigenvalue weighted by molar-refractivity contribution is 0.740. The van der Waals surface area contributed by atoms with Crippen LogP contribution in [0.4, 0.5) is 0 Å². The number of allylic oxidation sites excluding steroid dienone is 4. The van der Waals surface area contributed by atoms with Crippen LogP contribution in [0.25, 0.3) is 5.57 Å². The minimum Gasteiger partial charge on any atom is -0.0834 e. The van der Waals surface area contributed by atoms with Gasteiger partial charge < -0.3 is 0 Å². The Morgan fingerprint density at radius 3 is 2.25 bits per heavy atom. The van der Waals surface area contributed by atoms with Gasteiger partial charge in [0.25, 0.3) is 0 Å². The third kappa shape index (κ3) is 3.37. The van der Waals surface area contributed by atoms with E-state index in [0.717, 1.165) is 0 Å². The Kier molecular flexibility index (Phi) is 5.04. The highest BCUT2D eigenvalue weighted by atomic mass is 14.1. The van der Waals surface area contributed by atoms with Crippen LogP contribution in [0.5, 0.6) is 0 Å². The second-order valence-corrected chi connectivity index (χ2v) is 4.10. The molecule has 86 valence electrons. The fourth-order valence-electron chi connectivity index (χ4n) is 1.78. The average Bonchev–Trinajstić information content (AvgIpc) is 2.32. The Morgan fingerprint density at radius 1 is 1.06 bits per heavy atom. The van der Waals surface area contributed by atoms with E-state index < -0.39 is 0 Å². The molecule has 0 aliphatic heterocycles. The Balaban J connectivity index is 0.000000606. The quantitative estimate of drug-likeness (QED) is 0.617. The molecule has 1 unspecified atom stereocenters. The molecule has 0 amide bonds. The molecule has 0 N–H and O–H groups in total. The standard InChI is InChI=1S/C14H16.C2H6/c1-11-6-8-13(9-7-11)14-5-3-4-12(2)10-14;1-2/h3,5-10,12H,4H2,1-2H3;1-2H3. The van der Waals surface area contributed by atoms with Gasteiger partial charge >= 0.3 is 0 Å². The third-order valence-corrected chi connectivity index (χ3v) is 2.65. The maximum absolute atomic E-state index is 2.35. The normalized spacial score (nSPS) is 18.5. The summed E-state index contributed by atoms with van der Waals surface area (Å²) < 4.78 is 0. The van der Waals surface area contributed by atoms with Crippen molar-refractivity contribution >= 4 is 5.57 Å². The molecule has 0 radical (unpaired) electrons. The van der Waals surface area contributed by atoms with Crippen LogP contribution in [0, 0.1) is 12.8 Å². The summed E-state index contributed by atoms with van der Waals surface area (Å²) in [4.78, 5) is 0. The van der Waals surface area contributed by atoms with E-state index in [1.165, 1.54) is 23.1 Å². The molecule has 1 aromatic carbocycles. The summed E-state index contributed by atoms with van der Waals surface area (Å²) in [5.74, 6) is 0.677.